The zero-order valence-electron chi connectivity index (χ0n) is 17.4. The predicted octanol–water partition coefficient (Wildman–Crippen LogP) is 5.83. The summed E-state index contributed by atoms with van der Waals surface area (Å²) in [6.07, 6.45) is 0. The second-order valence-corrected chi connectivity index (χ2v) is 8.34. The number of nitrogens with zero attached hydrogens (tertiary/aromatic N) is 1. The topological polar surface area (TPSA) is 50.8 Å². The molecule has 4 rings (SSSR count). The fourth-order valence-corrected chi connectivity index (χ4v) is 4.67. The molecule has 0 saturated carbocycles. The summed E-state index contributed by atoms with van der Waals surface area (Å²) >= 11 is 1.60. The van der Waals surface area contributed by atoms with E-state index in [1.807, 2.05) is 48.5 Å². The lowest BCUT2D eigenvalue weighted by atomic mass is 10.1. The first-order valence-electron chi connectivity index (χ1n) is 10.0. The van der Waals surface area contributed by atoms with Crippen LogP contribution in [0.15, 0.2) is 66.7 Å². The number of methoxy groups -OCH3 is 1. The van der Waals surface area contributed by atoms with Crippen LogP contribution in [-0.4, -0.2) is 30.3 Å². The van der Waals surface area contributed by atoms with Crippen LogP contribution < -0.4 is 14.8 Å². The summed E-state index contributed by atoms with van der Waals surface area (Å²) in [5, 5.41) is 2.27. The van der Waals surface area contributed by atoms with E-state index >= 15 is 0 Å². The molecule has 0 spiro atoms. The van der Waals surface area contributed by atoms with E-state index in [0.29, 0.717) is 24.7 Å². The van der Waals surface area contributed by atoms with Gasteiger partial charge in [0, 0.05) is 18.4 Å². The summed E-state index contributed by atoms with van der Waals surface area (Å²) in [6, 6.07) is 18.0. The minimum absolute atomic E-state index is 0.0608. The SMILES string of the molecule is COc1cc(C2SCCN2C(=O)Nc2ccc(F)cc2F)ccc1OCc1ccccc1. The molecule has 166 valence electrons. The number of carbonyl (C=O) groups is 1. The summed E-state index contributed by atoms with van der Waals surface area (Å²) in [5.41, 5.74) is 1.85. The van der Waals surface area contributed by atoms with Crippen LogP contribution in [-0.2, 0) is 6.61 Å². The number of urea groups is 1. The summed E-state index contributed by atoms with van der Waals surface area (Å²) in [5.74, 6) is 0.391. The molecule has 2 amide bonds. The Hall–Kier alpha value is -3.26. The number of anilines is 1. The van der Waals surface area contributed by atoms with Gasteiger partial charge in [-0.25, -0.2) is 13.6 Å². The lowest BCUT2D eigenvalue weighted by Gasteiger charge is -2.25. The number of rotatable bonds is 6. The molecule has 0 aliphatic carbocycles. The Morgan fingerprint density at radius 2 is 1.91 bits per heavy atom. The molecule has 5 nitrogen and oxygen atoms in total. The van der Waals surface area contributed by atoms with Crippen molar-refractivity contribution in [2.24, 2.45) is 0 Å². The zero-order chi connectivity index (χ0) is 22.5. The smallest absolute Gasteiger partial charge is 0.323 e. The van der Waals surface area contributed by atoms with Crippen molar-refractivity contribution >= 4 is 23.5 Å². The highest BCUT2D eigenvalue weighted by Crippen LogP contribution is 2.41. The van der Waals surface area contributed by atoms with Crippen molar-refractivity contribution < 1.29 is 23.0 Å². The maximum absolute atomic E-state index is 13.9. The van der Waals surface area contributed by atoms with Gasteiger partial charge in [-0.15, -0.1) is 11.8 Å². The lowest BCUT2D eigenvalue weighted by molar-refractivity contribution is 0.214. The maximum Gasteiger partial charge on any atom is 0.323 e. The molecule has 1 atom stereocenters. The molecule has 1 aliphatic rings. The summed E-state index contributed by atoms with van der Waals surface area (Å²) in [4.78, 5) is 14.4. The van der Waals surface area contributed by atoms with Gasteiger partial charge in [0.2, 0.25) is 0 Å². The molecule has 32 heavy (non-hydrogen) atoms. The number of hydrogen-bond donors (Lipinski definition) is 1. The average molecular weight is 457 g/mol. The van der Waals surface area contributed by atoms with E-state index in [-0.39, 0.29) is 11.1 Å². The van der Waals surface area contributed by atoms with Crippen molar-refractivity contribution in [1.82, 2.24) is 4.90 Å². The molecule has 1 saturated heterocycles. The van der Waals surface area contributed by atoms with Gasteiger partial charge in [0.25, 0.3) is 0 Å². The molecule has 3 aromatic rings. The molecule has 0 bridgehead atoms. The third-order valence-corrected chi connectivity index (χ3v) is 6.30. The third-order valence-electron chi connectivity index (χ3n) is 5.03. The normalized spacial score (nSPS) is 15.5. The van der Waals surface area contributed by atoms with E-state index in [1.54, 1.807) is 23.8 Å². The minimum Gasteiger partial charge on any atom is -0.493 e. The van der Waals surface area contributed by atoms with Crippen molar-refractivity contribution in [3.63, 3.8) is 0 Å². The number of benzene rings is 3. The molecule has 1 unspecified atom stereocenters. The highest BCUT2D eigenvalue weighted by atomic mass is 32.2. The fraction of sp³-hybridized carbons (Fsp3) is 0.208. The van der Waals surface area contributed by atoms with Crippen LogP contribution in [0, 0.1) is 11.6 Å². The van der Waals surface area contributed by atoms with Crippen molar-refractivity contribution in [1.29, 1.82) is 0 Å². The van der Waals surface area contributed by atoms with E-state index in [9.17, 15) is 13.6 Å². The summed E-state index contributed by atoms with van der Waals surface area (Å²) in [7, 11) is 1.57. The van der Waals surface area contributed by atoms with Gasteiger partial charge in [0.15, 0.2) is 11.5 Å². The second kappa shape index (κ2) is 9.91. The minimum atomic E-state index is -0.816. The molecule has 1 fully saturated rings. The first-order chi connectivity index (χ1) is 15.5. The second-order valence-electron chi connectivity index (χ2n) is 7.16. The van der Waals surface area contributed by atoms with Crippen molar-refractivity contribution in [3.8, 4) is 11.5 Å². The van der Waals surface area contributed by atoms with Crippen LogP contribution in [0.25, 0.3) is 0 Å². The van der Waals surface area contributed by atoms with E-state index in [0.717, 1.165) is 29.0 Å². The van der Waals surface area contributed by atoms with Crippen molar-refractivity contribution in [2.75, 3.05) is 24.7 Å². The van der Waals surface area contributed by atoms with E-state index in [2.05, 4.69) is 5.32 Å². The van der Waals surface area contributed by atoms with Gasteiger partial charge in [0.05, 0.1) is 12.8 Å². The Labute approximate surface area is 189 Å². The quantitative estimate of drug-likeness (QED) is 0.507. The van der Waals surface area contributed by atoms with Crippen LogP contribution in [0.1, 0.15) is 16.5 Å². The fourth-order valence-electron chi connectivity index (χ4n) is 3.42. The monoisotopic (exact) mass is 456 g/mol. The number of amides is 2. The van der Waals surface area contributed by atoms with Gasteiger partial charge in [-0.3, -0.25) is 0 Å². The molecular weight excluding hydrogens is 434 g/mol. The average Bonchev–Trinajstić information content (AvgIpc) is 3.30. The van der Waals surface area contributed by atoms with Gasteiger partial charge >= 0.3 is 6.03 Å². The first-order valence-corrected chi connectivity index (χ1v) is 11.1. The van der Waals surface area contributed by atoms with E-state index in [4.69, 9.17) is 9.47 Å². The van der Waals surface area contributed by atoms with Gasteiger partial charge in [-0.05, 0) is 35.4 Å². The molecule has 0 radical (unpaired) electrons. The highest BCUT2D eigenvalue weighted by Gasteiger charge is 2.31. The number of thioether (sulfide) groups is 1. The summed E-state index contributed by atoms with van der Waals surface area (Å²) in [6.45, 7) is 0.908. The van der Waals surface area contributed by atoms with Crippen molar-refractivity contribution in [2.45, 2.75) is 12.0 Å². The number of hydrogen-bond acceptors (Lipinski definition) is 4. The molecule has 1 aliphatic heterocycles. The maximum atomic E-state index is 13.9. The van der Waals surface area contributed by atoms with Crippen molar-refractivity contribution in [3.05, 3.63) is 89.5 Å². The van der Waals surface area contributed by atoms with Gasteiger partial charge in [-0.2, -0.15) is 0 Å². The molecule has 1 heterocycles. The summed E-state index contributed by atoms with van der Waals surface area (Å²) < 4.78 is 38.5. The molecule has 1 N–H and O–H groups in total. The molecule has 0 aromatic heterocycles. The van der Waals surface area contributed by atoms with Crippen LogP contribution in [0.2, 0.25) is 0 Å². The van der Waals surface area contributed by atoms with Gasteiger partial charge < -0.3 is 19.7 Å². The predicted molar refractivity (Wildman–Crippen MR) is 121 cm³/mol. The Bertz CT molecular complexity index is 1100. The Morgan fingerprint density at radius 3 is 2.66 bits per heavy atom. The Balaban J connectivity index is 1.48. The van der Waals surface area contributed by atoms with E-state index < -0.39 is 17.7 Å². The van der Waals surface area contributed by atoms with Crippen LogP contribution in [0.5, 0.6) is 11.5 Å². The standard InChI is InChI=1S/C24H22F2N2O3S/c1-30-22-13-17(7-10-21(22)31-15-16-5-3-2-4-6-16)23-28(11-12-32-23)24(29)27-20-9-8-18(25)14-19(20)26/h2-10,13-14,23H,11-12,15H2,1H3,(H,27,29). The van der Waals surface area contributed by atoms with Crippen LogP contribution in [0.3, 0.4) is 0 Å². The Morgan fingerprint density at radius 1 is 1.09 bits per heavy atom. The number of carbonyl (C=O) groups excluding carboxylic acids is 1. The Kier molecular flexibility index (Phi) is 6.80. The molecule has 8 heteroatoms. The zero-order valence-corrected chi connectivity index (χ0v) is 18.2. The third kappa shape index (κ3) is 4.96. The number of halogens is 2. The molecular formula is C24H22F2N2O3S. The van der Waals surface area contributed by atoms with E-state index in [1.165, 1.54) is 6.07 Å². The van der Waals surface area contributed by atoms with Crippen LogP contribution in [0.4, 0.5) is 19.3 Å². The lowest BCUT2D eigenvalue weighted by Crippen LogP contribution is -2.34. The number of ether oxygens (including phenoxy) is 2. The highest BCUT2D eigenvalue weighted by molar-refractivity contribution is 7.99. The largest absolute Gasteiger partial charge is 0.493 e. The van der Waals surface area contributed by atoms with Gasteiger partial charge in [0.1, 0.15) is 23.6 Å². The number of nitrogens with one attached hydrogen (secondary N) is 1. The van der Waals surface area contributed by atoms with Crippen LogP contribution >= 0.6 is 11.8 Å². The van der Waals surface area contributed by atoms with Gasteiger partial charge in [-0.1, -0.05) is 36.4 Å². The molecule has 3 aromatic carbocycles. The first kappa shape index (κ1) is 22.0.